The number of carbonyl (C=O) groups is 1. The SMILES string of the molecule is O=C(O)O.[NH-]CC[NH-].[NH-]CC[NH-].[Pd]. The predicted molar refractivity (Wildman–Crippen MR) is 47.4 cm³/mol. The second-order valence-corrected chi connectivity index (χ2v) is 1.28. The third kappa shape index (κ3) is 358. The standard InChI is InChI=1S/2C2H6N2.CH2O3.Pd/c2*3-1-2-4;2-1(3)4;/h2*3-4H,1-2H2;(H2,2,3,4);/q2*-2;;. The molecule has 0 aromatic heterocycles. The summed E-state index contributed by atoms with van der Waals surface area (Å²) in [6.45, 7) is 0.944. The van der Waals surface area contributed by atoms with Crippen molar-refractivity contribution >= 4 is 6.16 Å². The van der Waals surface area contributed by atoms with E-state index in [4.69, 9.17) is 37.9 Å². The normalized spacial score (nSPS) is 6.46. The van der Waals surface area contributed by atoms with Crippen molar-refractivity contribution < 1.29 is 35.4 Å². The Bertz CT molecular complexity index is 74.2. The van der Waals surface area contributed by atoms with E-state index >= 15 is 0 Å². The van der Waals surface area contributed by atoms with Gasteiger partial charge in [-0.05, 0) is 0 Å². The minimum atomic E-state index is -1.83. The van der Waals surface area contributed by atoms with Crippen molar-refractivity contribution in [2.75, 3.05) is 26.2 Å². The van der Waals surface area contributed by atoms with Gasteiger partial charge in [-0.15, -0.1) is 0 Å². The maximum atomic E-state index is 8.56. The minimum absolute atomic E-state index is 0. The van der Waals surface area contributed by atoms with Crippen molar-refractivity contribution in [2.24, 2.45) is 0 Å². The van der Waals surface area contributed by atoms with Crippen LogP contribution in [0.1, 0.15) is 0 Å². The molecule has 0 saturated carbocycles. The van der Waals surface area contributed by atoms with E-state index in [-0.39, 0.29) is 46.6 Å². The molecular weight excluding hydrogens is 270 g/mol. The maximum absolute atomic E-state index is 8.56. The molecule has 0 aliphatic heterocycles. The van der Waals surface area contributed by atoms with E-state index in [1.54, 1.807) is 0 Å². The first kappa shape index (κ1) is 23.0. The minimum Gasteiger partial charge on any atom is -0.679 e. The van der Waals surface area contributed by atoms with Gasteiger partial charge >= 0.3 is 6.16 Å². The quantitative estimate of drug-likeness (QED) is 0.748. The van der Waals surface area contributed by atoms with Crippen LogP contribution in [0.3, 0.4) is 0 Å². The molecule has 0 aromatic carbocycles. The first-order valence-corrected chi connectivity index (χ1v) is 3.07. The van der Waals surface area contributed by atoms with Crippen molar-refractivity contribution in [2.45, 2.75) is 0 Å². The van der Waals surface area contributed by atoms with Crippen LogP contribution in [-0.2, 0) is 20.4 Å². The van der Waals surface area contributed by atoms with Crippen LogP contribution in [-0.4, -0.2) is 42.5 Å². The molecule has 0 atom stereocenters. The second-order valence-electron chi connectivity index (χ2n) is 1.28. The van der Waals surface area contributed by atoms with Gasteiger partial charge < -0.3 is 33.1 Å². The van der Waals surface area contributed by atoms with Crippen LogP contribution in [0.4, 0.5) is 4.79 Å². The molecule has 6 N–H and O–H groups in total. The van der Waals surface area contributed by atoms with Crippen molar-refractivity contribution in [3.63, 3.8) is 0 Å². The zero-order chi connectivity index (χ0) is 10.4. The topological polar surface area (TPSA) is 153 Å². The van der Waals surface area contributed by atoms with Gasteiger partial charge in [-0.25, -0.2) is 4.79 Å². The molecule has 0 aliphatic rings. The summed E-state index contributed by atoms with van der Waals surface area (Å²) in [4.78, 5) is 8.56. The molecule has 13 heavy (non-hydrogen) atoms. The molecule has 7 nitrogen and oxygen atoms in total. The zero-order valence-corrected chi connectivity index (χ0v) is 8.50. The summed E-state index contributed by atoms with van der Waals surface area (Å²) in [5.74, 6) is 0. The Balaban J connectivity index is -0.0000000450. The molecule has 0 spiro atoms. The molecule has 0 radical (unpaired) electrons. The van der Waals surface area contributed by atoms with Gasteiger partial charge in [0.05, 0.1) is 0 Å². The Morgan fingerprint density at radius 1 is 0.846 bits per heavy atom. The van der Waals surface area contributed by atoms with E-state index in [9.17, 15) is 0 Å². The summed E-state index contributed by atoms with van der Waals surface area (Å²) in [6.07, 6.45) is -1.83. The fraction of sp³-hybridized carbons (Fsp3) is 0.800. The van der Waals surface area contributed by atoms with Crippen molar-refractivity contribution in [3.05, 3.63) is 22.9 Å². The summed E-state index contributed by atoms with van der Waals surface area (Å²) in [5.41, 5.74) is 25.1. The van der Waals surface area contributed by atoms with E-state index in [2.05, 4.69) is 0 Å². The van der Waals surface area contributed by atoms with Crippen molar-refractivity contribution in [3.8, 4) is 0 Å². The van der Waals surface area contributed by atoms with Crippen molar-refractivity contribution in [1.29, 1.82) is 0 Å². The third-order valence-corrected chi connectivity index (χ3v) is 0.250. The third-order valence-electron chi connectivity index (χ3n) is 0.250. The zero-order valence-electron chi connectivity index (χ0n) is 6.95. The van der Waals surface area contributed by atoms with Gasteiger partial charge in [-0.3, -0.25) is 0 Å². The molecule has 8 heteroatoms. The van der Waals surface area contributed by atoms with Crippen LogP contribution >= 0.6 is 0 Å². The monoisotopic (exact) mass is 284 g/mol. The molecule has 0 heterocycles. The second kappa shape index (κ2) is 29.8. The smallest absolute Gasteiger partial charge is 0.503 e. The average molecular weight is 285 g/mol. The Hall–Kier alpha value is -0.228. The molecule has 0 saturated heterocycles. The van der Waals surface area contributed by atoms with E-state index < -0.39 is 6.16 Å². The number of hydrogen-bond acceptors (Lipinski definition) is 1. The Kier molecular flexibility index (Phi) is 52.7. The van der Waals surface area contributed by atoms with E-state index in [1.807, 2.05) is 0 Å². The fourth-order valence-electron chi connectivity index (χ4n) is 0. The van der Waals surface area contributed by atoms with E-state index in [0.717, 1.165) is 0 Å². The number of carboxylic acid groups (broad SMARTS) is 2. The van der Waals surface area contributed by atoms with Gasteiger partial charge in [0.1, 0.15) is 0 Å². The Morgan fingerprint density at radius 2 is 0.923 bits per heavy atom. The van der Waals surface area contributed by atoms with Crippen LogP contribution in [0, 0.1) is 0 Å². The average Bonchev–Trinajstić information content (AvgIpc) is 2.03. The molecular formula is C5H14N4O3Pd-4. The Labute approximate surface area is 91.1 Å². The van der Waals surface area contributed by atoms with Gasteiger partial charge in [0.25, 0.3) is 0 Å². The molecule has 0 rings (SSSR count). The molecule has 0 fully saturated rings. The van der Waals surface area contributed by atoms with Crippen LogP contribution in [0.2, 0.25) is 0 Å². The summed E-state index contributed by atoms with van der Waals surface area (Å²) >= 11 is 0. The van der Waals surface area contributed by atoms with Crippen LogP contribution < -0.4 is 0 Å². The first-order chi connectivity index (χ1) is 5.56. The summed E-state index contributed by atoms with van der Waals surface area (Å²) in [6, 6.07) is 0. The van der Waals surface area contributed by atoms with Gasteiger partial charge in [0, 0.05) is 20.4 Å². The van der Waals surface area contributed by atoms with Crippen LogP contribution in [0.25, 0.3) is 22.9 Å². The largest absolute Gasteiger partial charge is 0.679 e. The van der Waals surface area contributed by atoms with E-state index in [0.29, 0.717) is 0 Å². The van der Waals surface area contributed by atoms with Gasteiger partial charge in [0.15, 0.2) is 0 Å². The molecule has 0 aromatic rings. The number of hydrogen-bond donors (Lipinski definition) is 2. The molecule has 86 valence electrons. The van der Waals surface area contributed by atoms with E-state index in [1.165, 1.54) is 0 Å². The van der Waals surface area contributed by atoms with Gasteiger partial charge in [0.2, 0.25) is 0 Å². The number of nitrogens with one attached hydrogen (secondary N) is 4. The molecule has 0 aliphatic carbocycles. The summed E-state index contributed by atoms with van der Waals surface area (Å²) < 4.78 is 0. The predicted octanol–water partition coefficient (Wildman–Crippen LogP) is 2.40. The number of rotatable bonds is 2. The molecule has 0 unspecified atom stereocenters. The fourth-order valence-corrected chi connectivity index (χ4v) is 0. The van der Waals surface area contributed by atoms with Crippen LogP contribution in [0.15, 0.2) is 0 Å². The Morgan fingerprint density at radius 3 is 0.923 bits per heavy atom. The molecule has 0 amide bonds. The van der Waals surface area contributed by atoms with Gasteiger partial charge in [-0.1, -0.05) is 0 Å². The van der Waals surface area contributed by atoms with Crippen molar-refractivity contribution in [1.82, 2.24) is 0 Å². The molecule has 0 bridgehead atoms. The first-order valence-electron chi connectivity index (χ1n) is 3.07. The summed E-state index contributed by atoms with van der Waals surface area (Å²) in [7, 11) is 0. The maximum Gasteiger partial charge on any atom is 0.503 e. The summed E-state index contributed by atoms with van der Waals surface area (Å²) in [5, 5.41) is 13.9. The van der Waals surface area contributed by atoms with Crippen LogP contribution in [0.5, 0.6) is 0 Å². The van der Waals surface area contributed by atoms with Gasteiger partial charge in [-0.2, -0.15) is 26.2 Å².